The van der Waals surface area contributed by atoms with Crippen molar-refractivity contribution >= 4 is 28.9 Å². The first-order valence-electron chi connectivity index (χ1n) is 8.62. The minimum Gasteiger partial charge on any atom is -0.353 e. The van der Waals surface area contributed by atoms with Crippen LogP contribution >= 0.6 is 0 Å². The predicted octanol–water partition coefficient (Wildman–Crippen LogP) is 3.73. The van der Waals surface area contributed by atoms with Gasteiger partial charge in [0.15, 0.2) is 0 Å². The fourth-order valence-electron chi connectivity index (χ4n) is 3.13. The van der Waals surface area contributed by atoms with E-state index < -0.39 is 6.04 Å². The molecule has 2 aromatic rings. The molecule has 2 aromatic carbocycles. The number of fused-ring (bicyclic) bond motifs is 1. The zero-order valence-corrected chi connectivity index (χ0v) is 15.1. The molecule has 0 saturated carbocycles. The number of carbonyl (C=O) groups excluding carboxylic acids is 2. The molecule has 0 bridgehead atoms. The van der Waals surface area contributed by atoms with Gasteiger partial charge in [0.2, 0.25) is 11.8 Å². The summed E-state index contributed by atoms with van der Waals surface area (Å²) >= 11 is 0. The van der Waals surface area contributed by atoms with Gasteiger partial charge in [0.05, 0.1) is 17.8 Å². The molecular weight excluding hydrogens is 326 g/mol. The van der Waals surface area contributed by atoms with E-state index in [4.69, 9.17) is 0 Å². The van der Waals surface area contributed by atoms with Gasteiger partial charge in [-0.2, -0.15) is 0 Å². The van der Waals surface area contributed by atoms with E-state index in [2.05, 4.69) is 17.2 Å². The van der Waals surface area contributed by atoms with Crippen molar-refractivity contribution in [2.24, 2.45) is 0 Å². The van der Waals surface area contributed by atoms with Crippen molar-refractivity contribution in [1.82, 2.24) is 0 Å². The van der Waals surface area contributed by atoms with E-state index in [9.17, 15) is 9.59 Å². The van der Waals surface area contributed by atoms with Crippen molar-refractivity contribution in [1.29, 1.82) is 0 Å². The molecule has 0 fully saturated rings. The summed E-state index contributed by atoms with van der Waals surface area (Å²) < 4.78 is 0. The van der Waals surface area contributed by atoms with Gasteiger partial charge in [-0.15, -0.1) is 0 Å². The molecule has 1 aliphatic rings. The summed E-state index contributed by atoms with van der Waals surface area (Å²) in [6, 6.07) is 14.6. The fourth-order valence-corrected chi connectivity index (χ4v) is 3.13. The molecule has 5 nitrogen and oxygen atoms in total. The fraction of sp³-hybridized carbons (Fsp3) is 0.238. The maximum atomic E-state index is 12.6. The third kappa shape index (κ3) is 3.77. The molecule has 1 heterocycles. The maximum absolute atomic E-state index is 12.6. The van der Waals surface area contributed by atoms with Crippen LogP contribution in [0.15, 0.2) is 60.7 Å². The summed E-state index contributed by atoms with van der Waals surface area (Å²) in [5.41, 5.74) is 4.34. The number of carbonyl (C=O) groups is 2. The van der Waals surface area contributed by atoms with Crippen LogP contribution in [-0.4, -0.2) is 24.4 Å². The topological polar surface area (TPSA) is 61.4 Å². The van der Waals surface area contributed by atoms with Crippen LogP contribution in [0, 0.1) is 6.92 Å². The Morgan fingerprint density at radius 1 is 1.19 bits per heavy atom. The van der Waals surface area contributed by atoms with Crippen molar-refractivity contribution in [3.63, 3.8) is 0 Å². The quantitative estimate of drug-likeness (QED) is 0.809. The van der Waals surface area contributed by atoms with E-state index in [-0.39, 0.29) is 18.2 Å². The van der Waals surface area contributed by atoms with Crippen molar-refractivity contribution in [3.05, 3.63) is 66.2 Å². The van der Waals surface area contributed by atoms with E-state index in [1.54, 1.807) is 0 Å². The van der Waals surface area contributed by atoms with Gasteiger partial charge in [0.25, 0.3) is 0 Å². The van der Waals surface area contributed by atoms with Crippen molar-refractivity contribution in [3.8, 4) is 0 Å². The van der Waals surface area contributed by atoms with E-state index in [0.29, 0.717) is 6.54 Å². The van der Waals surface area contributed by atoms with Gasteiger partial charge < -0.3 is 15.5 Å². The monoisotopic (exact) mass is 349 g/mol. The number of aryl methyl sites for hydroxylation is 1. The Hall–Kier alpha value is -3.08. The van der Waals surface area contributed by atoms with Crippen LogP contribution in [0.4, 0.5) is 17.1 Å². The molecule has 0 aromatic heterocycles. The highest BCUT2D eigenvalue weighted by molar-refractivity contribution is 6.06. The molecule has 3 rings (SSSR count). The molecule has 1 atom stereocenters. The first-order chi connectivity index (χ1) is 12.5. The lowest BCUT2D eigenvalue weighted by Gasteiger charge is -2.38. The minimum absolute atomic E-state index is 0.0712. The molecule has 2 N–H and O–H groups in total. The van der Waals surface area contributed by atoms with E-state index in [1.807, 2.05) is 67.3 Å². The highest BCUT2D eigenvalue weighted by atomic mass is 16.2. The van der Waals surface area contributed by atoms with Crippen molar-refractivity contribution < 1.29 is 9.59 Å². The zero-order valence-electron chi connectivity index (χ0n) is 15.1. The van der Waals surface area contributed by atoms with Crippen LogP contribution in [0.5, 0.6) is 0 Å². The number of hydrogen-bond acceptors (Lipinski definition) is 3. The zero-order chi connectivity index (χ0) is 18.7. The lowest BCUT2D eigenvalue weighted by atomic mass is 10.0. The van der Waals surface area contributed by atoms with Crippen LogP contribution in [0.3, 0.4) is 0 Å². The van der Waals surface area contributed by atoms with Crippen LogP contribution in [0.25, 0.3) is 0 Å². The minimum atomic E-state index is -0.578. The van der Waals surface area contributed by atoms with Crippen molar-refractivity contribution in [2.75, 3.05) is 22.1 Å². The molecule has 0 aliphatic carbocycles. The second-order valence-corrected chi connectivity index (χ2v) is 6.67. The highest BCUT2D eigenvalue weighted by Crippen LogP contribution is 2.33. The molecule has 0 saturated heterocycles. The van der Waals surface area contributed by atoms with Crippen LogP contribution in [-0.2, 0) is 9.59 Å². The number of nitrogens with one attached hydrogen (secondary N) is 2. The Labute approximate surface area is 153 Å². The third-order valence-corrected chi connectivity index (χ3v) is 4.39. The number of hydrogen-bond donors (Lipinski definition) is 2. The average Bonchev–Trinajstić information content (AvgIpc) is 2.59. The smallest absolute Gasteiger partial charge is 0.247 e. The van der Waals surface area contributed by atoms with Crippen molar-refractivity contribution in [2.45, 2.75) is 26.3 Å². The third-order valence-electron chi connectivity index (χ3n) is 4.39. The second-order valence-electron chi connectivity index (χ2n) is 6.67. The summed E-state index contributed by atoms with van der Waals surface area (Å²) in [5, 5.41) is 5.81. The van der Waals surface area contributed by atoms with Crippen LogP contribution in [0.1, 0.15) is 18.9 Å². The lowest BCUT2D eigenvalue weighted by Crippen LogP contribution is -2.50. The number of para-hydroxylation sites is 3. The van der Waals surface area contributed by atoms with E-state index in [1.165, 1.54) is 0 Å². The Balaban J connectivity index is 1.82. The van der Waals surface area contributed by atoms with Gasteiger partial charge in [-0.1, -0.05) is 42.5 Å². The summed E-state index contributed by atoms with van der Waals surface area (Å²) in [5.74, 6) is -0.365. The van der Waals surface area contributed by atoms with Gasteiger partial charge in [-0.05, 0) is 37.6 Å². The van der Waals surface area contributed by atoms with Gasteiger partial charge in [-0.3, -0.25) is 9.59 Å². The Bertz CT molecular complexity index is 860. The maximum Gasteiger partial charge on any atom is 0.247 e. The standard InChI is InChI=1S/C21H23N3O2/c1-14(2)13-24-18-11-7-6-10-17(18)23-21(26)19(24)12-20(25)22-16-9-5-4-8-15(16)3/h4-11,19H,1,12-13H2,2-3H3,(H,22,25)(H,23,26)/t19-/m0/s1. The average molecular weight is 349 g/mol. The number of rotatable bonds is 5. The molecule has 0 spiro atoms. The Morgan fingerprint density at radius 2 is 1.88 bits per heavy atom. The summed E-state index contributed by atoms with van der Waals surface area (Å²) in [7, 11) is 0. The van der Waals surface area contributed by atoms with Gasteiger partial charge in [0.1, 0.15) is 6.04 Å². The highest BCUT2D eigenvalue weighted by Gasteiger charge is 2.34. The SMILES string of the molecule is C=C(C)CN1c2ccccc2NC(=O)[C@@H]1CC(=O)Nc1ccccc1C. The first-order valence-corrected chi connectivity index (χ1v) is 8.62. The Morgan fingerprint density at radius 3 is 2.62 bits per heavy atom. The first kappa shape index (κ1) is 17.7. The van der Waals surface area contributed by atoms with Gasteiger partial charge in [0, 0.05) is 12.2 Å². The lowest BCUT2D eigenvalue weighted by molar-refractivity contribution is -0.122. The Kier molecular flexibility index (Phi) is 5.07. The molecule has 0 radical (unpaired) electrons. The molecule has 2 amide bonds. The van der Waals surface area contributed by atoms with E-state index >= 15 is 0 Å². The van der Waals surface area contributed by atoms with E-state index in [0.717, 1.165) is 28.2 Å². The summed E-state index contributed by atoms with van der Waals surface area (Å²) in [6.07, 6.45) is 0.0712. The second kappa shape index (κ2) is 7.44. The van der Waals surface area contributed by atoms with Crippen LogP contribution in [0.2, 0.25) is 0 Å². The molecule has 1 aliphatic heterocycles. The molecule has 134 valence electrons. The largest absolute Gasteiger partial charge is 0.353 e. The number of benzene rings is 2. The predicted molar refractivity (Wildman–Crippen MR) is 105 cm³/mol. The van der Waals surface area contributed by atoms with Gasteiger partial charge in [-0.25, -0.2) is 0 Å². The molecular formula is C21H23N3O2. The normalized spacial score (nSPS) is 15.8. The summed E-state index contributed by atoms with van der Waals surface area (Å²) in [4.78, 5) is 27.2. The number of anilines is 3. The molecule has 0 unspecified atom stereocenters. The molecule has 5 heteroatoms. The molecule has 26 heavy (non-hydrogen) atoms. The van der Waals surface area contributed by atoms with Crippen LogP contribution < -0.4 is 15.5 Å². The van der Waals surface area contributed by atoms with Gasteiger partial charge >= 0.3 is 0 Å². The number of amides is 2. The number of nitrogens with zero attached hydrogens (tertiary/aromatic N) is 1. The summed E-state index contributed by atoms with van der Waals surface area (Å²) in [6.45, 7) is 8.34.